The van der Waals surface area contributed by atoms with E-state index >= 15 is 0 Å². The van der Waals surface area contributed by atoms with Crippen LogP contribution in [0.2, 0.25) is 0 Å². The zero-order valence-corrected chi connectivity index (χ0v) is 17.7. The molecule has 2 aromatic rings. The van der Waals surface area contributed by atoms with Crippen molar-refractivity contribution in [3.63, 3.8) is 0 Å². The number of aromatic nitrogens is 2. The summed E-state index contributed by atoms with van der Waals surface area (Å²) in [6.45, 7) is 6.43. The van der Waals surface area contributed by atoms with E-state index in [1.807, 2.05) is 30.7 Å². The largest absolute Gasteiger partial charge is 0.462 e. The summed E-state index contributed by atoms with van der Waals surface area (Å²) in [6.07, 6.45) is 4.00. The van der Waals surface area contributed by atoms with Gasteiger partial charge in [0.1, 0.15) is 0 Å². The number of fused-ring (bicyclic) bond motifs is 1. The van der Waals surface area contributed by atoms with Crippen LogP contribution in [0, 0.1) is 5.41 Å². The number of esters is 1. The van der Waals surface area contributed by atoms with Crippen molar-refractivity contribution in [1.29, 1.82) is 0 Å². The van der Waals surface area contributed by atoms with Gasteiger partial charge < -0.3 is 14.8 Å². The molecule has 0 aliphatic carbocycles. The maximum atomic E-state index is 13.0. The summed E-state index contributed by atoms with van der Waals surface area (Å²) in [5.41, 5.74) is 3.61. The summed E-state index contributed by atoms with van der Waals surface area (Å²) in [7, 11) is 0. The lowest BCUT2D eigenvalue weighted by Gasteiger charge is -2.36. The van der Waals surface area contributed by atoms with Gasteiger partial charge in [0.25, 0.3) is 5.91 Å². The number of nitrogens with one attached hydrogen (secondary N) is 1. The van der Waals surface area contributed by atoms with Gasteiger partial charge in [0.05, 0.1) is 34.8 Å². The van der Waals surface area contributed by atoms with Gasteiger partial charge in [-0.1, -0.05) is 19.9 Å². The van der Waals surface area contributed by atoms with Crippen LogP contribution in [0.25, 0.3) is 5.69 Å². The summed E-state index contributed by atoms with van der Waals surface area (Å²) < 4.78 is 12.7. The number of benzene rings is 1. The van der Waals surface area contributed by atoms with Gasteiger partial charge >= 0.3 is 5.97 Å². The second kappa shape index (κ2) is 8.60. The van der Waals surface area contributed by atoms with Crippen LogP contribution >= 0.6 is 0 Å². The molecule has 0 saturated carbocycles. The van der Waals surface area contributed by atoms with Crippen molar-refractivity contribution in [2.75, 3.05) is 26.4 Å². The Balaban J connectivity index is 1.77. The lowest BCUT2D eigenvalue weighted by Crippen LogP contribution is -2.40. The highest BCUT2D eigenvalue weighted by Gasteiger charge is 2.39. The summed E-state index contributed by atoms with van der Waals surface area (Å²) in [5.74, 6) is -0.402. The first-order valence-electron chi connectivity index (χ1n) is 10.8. The molecule has 1 spiro atoms. The Morgan fingerprint density at radius 1 is 1.30 bits per heavy atom. The molecule has 0 unspecified atom stereocenters. The number of nitrogens with zero attached hydrogens (tertiary/aromatic N) is 2. The van der Waals surface area contributed by atoms with E-state index in [0.29, 0.717) is 43.9 Å². The molecular formula is C23H29N3O4. The molecule has 1 saturated heterocycles. The molecule has 1 fully saturated rings. The normalized spacial score (nSPS) is 17.9. The van der Waals surface area contributed by atoms with Crippen LogP contribution in [0.15, 0.2) is 24.3 Å². The third-order valence-electron chi connectivity index (χ3n) is 6.10. The Hall–Kier alpha value is -2.67. The first-order valence-corrected chi connectivity index (χ1v) is 10.8. The second-order valence-electron chi connectivity index (χ2n) is 8.19. The third-order valence-corrected chi connectivity index (χ3v) is 6.10. The molecular weight excluding hydrogens is 382 g/mol. The van der Waals surface area contributed by atoms with Crippen LogP contribution in [-0.4, -0.2) is 48.0 Å². The molecule has 1 aromatic carbocycles. The maximum absolute atomic E-state index is 13.0. The molecule has 4 rings (SSSR count). The fourth-order valence-electron chi connectivity index (χ4n) is 4.36. The maximum Gasteiger partial charge on any atom is 0.338 e. The first-order chi connectivity index (χ1) is 14.6. The Morgan fingerprint density at radius 2 is 2.10 bits per heavy atom. The topological polar surface area (TPSA) is 82.5 Å². The van der Waals surface area contributed by atoms with E-state index in [-0.39, 0.29) is 17.3 Å². The molecule has 1 amide bonds. The van der Waals surface area contributed by atoms with Crippen LogP contribution in [0.4, 0.5) is 0 Å². The molecule has 3 heterocycles. The molecule has 7 heteroatoms. The number of rotatable bonds is 5. The van der Waals surface area contributed by atoms with Gasteiger partial charge in [0.15, 0.2) is 0 Å². The Morgan fingerprint density at radius 3 is 2.83 bits per heavy atom. The van der Waals surface area contributed by atoms with Crippen LogP contribution in [0.3, 0.4) is 0 Å². The highest BCUT2D eigenvalue weighted by Crippen LogP contribution is 2.38. The van der Waals surface area contributed by atoms with E-state index in [0.717, 1.165) is 42.8 Å². The summed E-state index contributed by atoms with van der Waals surface area (Å²) in [5, 5.41) is 7.92. The van der Waals surface area contributed by atoms with Crippen molar-refractivity contribution in [1.82, 2.24) is 15.1 Å². The number of carbonyl (C=O) groups is 2. The molecule has 2 aliphatic rings. The van der Waals surface area contributed by atoms with E-state index in [9.17, 15) is 9.59 Å². The van der Waals surface area contributed by atoms with Gasteiger partial charge in [-0.3, -0.25) is 4.79 Å². The van der Waals surface area contributed by atoms with E-state index in [1.165, 1.54) is 0 Å². The van der Waals surface area contributed by atoms with Gasteiger partial charge in [0.2, 0.25) is 0 Å². The number of amides is 1. The molecule has 1 aromatic heterocycles. The highest BCUT2D eigenvalue weighted by atomic mass is 16.5. The van der Waals surface area contributed by atoms with Gasteiger partial charge in [-0.25, -0.2) is 9.48 Å². The smallest absolute Gasteiger partial charge is 0.338 e. The Labute approximate surface area is 176 Å². The molecule has 0 atom stereocenters. The number of ether oxygens (including phenoxy) is 2. The molecule has 0 bridgehead atoms. The predicted octanol–water partition coefficient (Wildman–Crippen LogP) is 3.08. The van der Waals surface area contributed by atoms with Crippen LogP contribution in [0.1, 0.15) is 65.2 Å². The van der Waals surface area contributed by atoms with Crippen LogP contribution < -0.4 is 5.32 Å². The minimum Gasteiger partial charge on any atom is -0.462 e. The van der Waals surface area contributed by atoms with Crippen molar-refractivity contribution in [3.8, 4) is 5.69 Å². The average molecular weight is 412 g/mol. The van der Waals surface area contributed by atoms with E-state index < -0.39 is 0 Å². The summed E-state index contributed by atoms with van der Waals surface area (Å²) in [6, 6.07) is 7.29. The third kappa shape index (κ3) is 3.86. The van der Waals surface area contributed by atoms with E-state index in [4.69, 9.17) is 14.6 Å². The van der Waals surface area contributed by atoms with E-state index in [1.54, 1.807) is 12.1 Å². The average Bonchev–Trinajstić information content (AvgIpc) is 3.08. The lowest BCUT2D eigenvalue weighted by atomic mass is 9.76. The quantitative estimate of drug-likeness (QED) is 0.765. The first kappa shape index (κ1) is 20.6. The number of aryl methyl sites for hydroxylation is 1. The van der Waals surface area contributed by atoms with Gasteiger partial charge in [-0.05, 0) is 55.7 Å². The summed E-state index contributed by atoms with van der Waals surface area (Å²) in [4.78, 5) is 25.3. The van der Waals surface area contributed by atoms with Crippen LogP contribution in [0.5, 0.6) is 0 Å². The second-order valence-corrected chi connectivity index (χ2v) is 8.19. The molecule has 30 heavy (non-hydrogen) atoms. The number of carbonyl (C=O) groups excluding carboxylic acids is 2. The SMILES string of the molecule is CCCOC(=O)c1cccc(-n2nc(CC)c3c2CC2(CCOCC2)CNC3=O)c1. The zero-order valence-electron chi connectivity index (χ0n) is 17.7. The van der Waals surface area contributed by atoms with Crippen molar-refractivity contribution in [2.45, 2.75) is 46.0 Å². The fraction of sp³-hybridized carbons (Fsp3) is 0.522. The van der Waals surface area contributed by atoms with E-state index in [2.05, 4.69) is 5.32 Å². The molecule has 0 radical (unpaired) electrons. The summed E-state index contributed by atoms with van der Waals surface area (Å²) >= 11 is 0. The standard InChI is InChI=1S/C23H29N3O4/c1-3-10-30-22(28)16-6-5-7-17(13-16)26-19-14-23(8-11-29-12-9-23)15-24-21(27)20(19)18(4-2)25-26/h5-7,13H,3-4,8-12,14-15H2,1-2H3,(H,24,27). The lowest BCUT2D eigenvalue weighted by molar-refractivity contribution is 0.0155. The molecule has 7 nitrogen and oxygen atoms in total. The van der Waals surface area contributed by atoms with Gasteiger partial charge in [-0.2, -0.15) is 5.10 Å². The monoisotopic (exact) mass is 411 g/mol. The van der Waals surface area contributed by atoms with Crippen molar-refractivity contribution in [3.05, 3.63) is 46.8 Å². The minimum atomic E-state index is -0.341. The zero-order chi connectivity index (χ0) is 21.1. The Kier molecular flexibility index (Phi) is 5.90. The molecule has 2 aliphatic heterocycles. The molecule has 1 N–H and O–H groups in total. The van der Waals surface area contributed by atoms with Gasteiger partial charge in [-0.15, -0.1) is 0 Å². The van der Waals surface area contributed by atoms with Gasteiger partial charge in [0, 0.05) is 19.8 Å². The number of hydrogen-bond donors (Lipinski definition) is 1. The Bertz CT molecular complexity index is 944. The minimum absolute atomic E-state index is 0.0282. The van der Waals surface area contributed by atoms with Crippen molar-refractivity contribution in [2.24, 2.45) is 5.41 Å². The number of hydrogen-bond acceptors (Lipinski definition) is 5. The van der Waals surface area contributed by atoms with Crippen molar-refractivity contribution >= 4 is 11.9 Å². The highest BCUT2D eigenvalue weighted by molar-refractivity contribution is 5.97. The van der Waals surface area contributed by atoms with Crippen molar-refractivity contribution < 1.29 is 19.1 Å². The molecule has 160 valence electrons. The predicted molar refractivity (Wildman–Crippen MR) is 112 cm³/mol. The fourth-order valence-corrected chi connectivity index (χ4v) is 4.36. The van der Waals surface area contributed by atoms with Crippen LogP contribution in [-0.2, 0) is 22.3 Å².